The Morgan fingerprint density at radius 2 is 1.87 bits per heavy atom. The van der Waals surface area contributed by atoms with E-state index in [4.69, 9.17) is 0 Å². The van der Waals surface area contributed by atoms with Gasteiger partial charge in [0.15, 0.2) is 11.5 Å². The van der Waals surface area contributed by atoms with E-state index < -0.39 is 17.7 Å². The molecule has 5 nitrogen and oxygen atoms in total. The lowest BCUT2D eigenvalue weighted by atomic mass is 9.96. The van der Waals surface area contributed by atoms with Crippen LogP contribution in [-0.4, -0.2) is 21.8 Å². The molecule has 0 fully saturated rings. The average molecular weight is 308 g/mol. The van der Waals surface area contributed by atoms with E-state index in [1.165, 1.54) is 11.8 Å². The minimum atomic E-state index is -0.671. The predicted molar refractivity (Wildman–Crippen MR) is 86.0 cm³/mol. The van der Waals surface area contributed by atoms with Crippen molar-refractivity contribution in [1.82, 2.24) is 4.98 Å². The van der Waals surface area contributed by atoms with E-state index in [2.05, 4.69) is 4.98 Å². The molecule has 0 saturated carbocycles. The number of aromatic nitrogens is 1. The minimum Gasteiger partial charge on any atom is -0.503 e. The maximum Gasteiger partial charge on any atom is 0.295 e. The fourth-order valence-corrected chi connectivity index (χ4v) is 2.76. The first-order chi connectivity index (χ1) is 11.0. The maximum absolute atomic E-state index is 12.5. The van der Waals surface area contributed by atoms with Crippen LogP contribution in [-0.2, 0) is 9.59 Å². The van der Waals surface area contributed by atoms with Gasteiger partial charge in [-0.1, -0.05) is 35.9 Å². The second kappa shape index (κ2) is 5.68. The van der Waals surface area contributed by atoms with E-state index in [1.807, 2.05) is 31.2 Å². The van der Waals surface area contributed by atoms with Crippen LogP contribution in [0.4, 0.5) is 5.82 Å². The van der Waals surface area contributed by atoms with E-state index in [1.54, 1.807) is 24.4 Å². The summed E-state index contributed by atoms with van der Waals surface area (Å²) in [6.07, 6.45) is 1.57. The molecule has 0 saturated heterocycles. The summed E-state index contributed by atoms with van der Waals surface area (Å²) in [7, 11) is 0. The number of Topliss-reactive ketones (excluding diaryl/α,β-unsaturated/α-hetero) is 1. The topological polar surface area (TPSA) is 70.5 Å². The lowest BCUT2D eigenvalue weighted by Crippen LogP contribution is -2.31. The zero-order chi connectivity index (χ0) is 16.6. The molecular formula is C18H16N2O3. The van der Waals surface area contributed by atoms with Gasteiger partial charge in [0.2, 0.25) is 0 Å². The van der Waals surface area contributed by atoms with Crippen LogP contribution < -0.4 is 4.90 Å². The van der Waals surface area contributed by atoms with Gasteiger partial charge in [0.05, 0.1) is 11.6 Å². The zero-order valence-corrected chi connectivity index (χ0v) is 12.9. The molecule has 1 atom stereocenters. The Hall–Kier alpha value is -2.95. The molecule has 0 unspecified atom stereocenters. The Kier molecular flexibility index (Phi) is 3.70. The minimum absolute atomic E-state index is 0.101. The van der Waals surface area contributed by atoms with Gasteiger partial charge >= 0.3 is 0 Å². The van der Waals surface area contributed by atoms with Crippen molar-refractivity contribution in [3.63, 3.8) is 0 Å². The van der Waals surface area contributed by atoms with Crippen molar-refractivity contribution in [3.8, 4) is 0 Å². The van der Waals surface area contributed by atoms with E-state index in [0.717, 1.165) is 11.1 Å². The molecule has 1 N–H and O–H groups in total. The molecule has 2 heterocycles. The number of amides is 1. The highest BCUT2D eigenvalue weighted by molar-refractivity contribution is 6.15. The van der Waals surface area contributed by atoms with Crippen LogP contribution in [0.15, 0.2) is 60.0 Å². The number of aliphatic hydroxyl groups excluding tert-OH is 1. The van der Waals surface area contributed by atoms with E-state index >= 15 is 0 Å². The molecule has 1 amide bonds. The van der Waals surface area contributed by atoms with Gasteiger partial charge in [-0.3, -0.25) is 14.5 Å². The van der Waals surface area contributed by atoms with Crippen LogP contribution >= 0.6 is 0 Å². The first-order valence-electron chi connectivity index (χ1n) is 7.26. The van der Waals surface area contributed by atoms with Crippen LogP contribution in [0.3, 0.4) is 0 Å². The lowest BCUT2D eigenvalue weighted by Gasteiger charge is -2.25. The number of rotatable bonds is 3. The number of carbonyl (C=O) groups is 2. The molecule has 1 aromatic carbocycles. The molecular weight excluding hydrogens is 292 g/mol. The average Bonchev–Trinajstić information content (AvgIpc) is 2.81. The number of aryl methyl sites for hydroxylation is 1. The van der Waals surface area contributed by atoms with E-state index in [9.17, 15) is 14.7 Å². The molecule has 1 aromatic heterocycles. The van der Waals surface area contributed by atoms with Crippen molar-refractivity contribution in [2.45, 2.75) is 19.9 Å². The Bertz CT molecular complexity index is 795. The van der Waals surface area contributed by atoms with Crippen molar-refractivity contribution in [2.75, 3.05) is 4.90 Å². The fourth-order valence-electron chi connectivity index (χ4n) is 2.76. The molecule has 0 bridgehead atoms. The molecule has 0 spiro atoms. The summed E-state index contributed by atoms with van der Waals surface area (Å²) >= 11 is 0. The number of carbonyl (C=O) groups excluding carboxylic acids is 2. The van der Waals surface area contributed by atoms with Gasteiger partial charge in [0.1, 0.15) is 5.82 Å². The molecule has 1 aliphatic rings. The second-order valence-electron chi connectivity index (χ2n) is 5.49. The van der Waals surface area contributed by atoms with Crippen LogP contribution in [0.25, 0.3) is 0 Å². The van der Waals surface area contributed by atoms with Crippen LogP contribution in [0.5, 0.6) is 0 Å². The lowest BCUT2D eigenvalue weighted by molar-refractivity contribution is -0.117. The number of ketones is 1. The maximum atomic E-state index is 12.5. The predicted octanol–water partition coefficient (Wildman–Crippen LogP) is 2.88. The molecule has 5 heteroatoms. The van der Waals surface area contributed by atoms with Crippen molar-refractivity contribution >= 4 is 17.5 Å². The van der Waals surface area contributed by atoms with E-state index in [0.29, 0.717) is 5.82 Å². The first-order valence-corrected chi connectivity index (χ1v) is 7.26. The molecule has 2 aromatic rings. The number of hydrogen-bond acceptors (Lipinski definition) is 4. The van der Waals surface area contributed by atoms with Gasteiger partial charge in [0.25, 0.3) is 5.91 Å². The Labute approximate surface area is 133 Å². The Morgan fingerprint density at radius 1 is 1.17 bits per heavy atom. The largest absolute Gasteiger partial charge is 0.503 e. The second-order valence-corrected chi connectivity index (χ2v) is 5.49. The summed E-state index contributed by atoms with van der Waals surface area (Å²) in [5, 5.41) is 10.2. The van der Waals surface area contributed by atoms with Crippen LogP contribution in [0.2, 0.25) is 0 Å². The smallest absolute Gasteiger partial charge is 0.295 e. The number of pyridine rings is 1. The van der Waals surface area contributed by atoms with Crippen molar-refractivity contribution in [1.29, 1.82) is 0 Å². The highest BCUT2D eigenvalue weighted by atomic mass is 16.3. The summed E-state index contributed by atoms with van der Waals surface area (Å²) < 4.78 is 0. The van der Waals surface area contributed by atoms with Gasteiger partial charge < -0.3 is 5.11 Å². The van der Waals surface area contributed by atoms with Crippen molar-refractivity contribution in [2.24, 2.45) is 0 Å². The molecule has 1 aliphatic heterocycles. The van der Waals surface area contributed by atoms with Crippen molar-refractivity contribution < 1.29 is 14.7 Å². The third-order valence-corrected chi connectivity index (χ3v) is 3.88. The standard InChI is InChI=1S/C18H16N2O3/c1-11-6-8-13(9-7-11)16-15(12(2)21)17(22)18(23)20(16)14-5-3-4-10-19-14/h3-10,16,22H,1-2H3/t16-/m1/s1. The highest BCUT2D eigenvalue weighted by Gasteiger charge is 2.43. The summed E-state index contributed by atoms with van der Waals surface area (Å²) in [5.41, 5.74) is 1.92. The van der Waals surface area contributed by atoms with Gasteiger partial charge in [-0.2, -0.15) is 0 Å². The van der Waals surface area contributed by atoms with Gasteiger partial charge in [-0.25, -0.2) is 4.98 Å². The van der Waals surface area contributed by atoms with Crippen LogP contribution in [0, 0.1) is 6.92 Å². The van der Waals surface area contributed by atoms with Gasteiger partial charge in [-0.05, 0) is 31.5 Å². The fraction of sp³-hybridized carbons (Fsp3) is 0.167. The van der Waals surface area contributed by atoms with Crippen LogP contribution in [0.1, 0.15) is 24.1 Å². The van der Waals surface area contributed by atoms with Gasteiger partial charge in [0, 0.05) is 6.20 Å². The molecule has 3 rings (SSSR count). The summed E-state index contributed by atoms with van der Waals surface area (Å²) in [6, 6.07) is 12.0. The molecule has 23 heavy (non-hydrogen) atoms. The quantitative estimate of drug-likeness (QED) is 0.946. The normalized spacial score (nSPS) is 17.7. The Balaban J connectivity index is 2.17. The third-order valence-electron chi connectivity index (χ3n) is 3.88. The van der Waals surface area contributed by atoms with E-state index in [-0.39, 0.29) is 11.4 Å². The van der Waals surface area contributed by atoms with Crippen molar-refractivity contribution in [3.05, 3.63) is 71.1 Å². The zero-order valence-electron chi connectivity index (χ0n) is 12.9. The van der Waals surface area contributed by atoms with Gasteiger partial charge in [-0.15, -0.1) is 0 Å². The summed E-state index contributed by atoms with van der Waals surface area (Å²) in [4.78, 5) is 30.1. The third kappa shape index (κ3) is 2.50. The SMILES string of the molecule is CC(=O)C1=C(O)C(=O)N(c2ccccn2)[C@@H]1c1ccc(C)cc1. The number of benzene rings is 1. The first kappa shape index (κ1) is 15.0. The Morgan fingerprint density at radius 3 is 2.43 bits per heavy atom. The number of hydrogen-bond donors (Lipinski definition) is 1. The monoisotopic (exact) mass is 308 g/mol. The number of aliphatic hydroxyl groups is 1. The molecule has 116 valence electrons. The highest BCUT2D eigenvalue weighted by Crippen LogP contribution is 2.39. The molecule has 0 aliphatic carbocycles. The molecule has 0 radical (unpaired) electrons. The summed E-state index contributed by atoms with van der Waals surface area (Å²) in [5.74, 6) is -1.06. The number of anilines is 1. The number of nitrogens with zero attached hydrogens (tertiary/aromatic N) is 2. The summed E-state index contributed by atoms with van der Waals surface area (Å²) in [6.45, 7) is 3.31.